The van der Waals surface area contributed by atoms with Crippen LogP contribution in [-0.4, -0.2) is 36.5 Å². The highest BCUT2D eigenvalue weighted by Gasteiger charge is 2.33. The quantitative estimate of drug-likeness (QED) is 0.794. The van der Waals surface area contributed by atoms with Crippen LogP contribution in [0.1, 0.15) is 25.0 Å². The maximum atomic E-state index is 9.98. The van der Waals surface area contributed by atoms with Gasteiger partial charge in [0.1, 0.15) is 0 Å². The summed E-state index contributed by atoms with van der Waals surface area (Å²) in [7, 11) is 3.20. The van der Waals surface area contributed by atoms with Crippen molar-refractivity contribution in [2.45, 2.75) is 31.4 Å². The standard InChI is InChI=1S/C13H20N2O3/c1-17-11-4-7-15-10(12(11)18-2)8-14-9-13(16)5-3-6-13/h4,7,14,16H,3,5-6,8-9H2,1-2H3. The van der Waals surface area contributed by atoms with Gasteiger partial charge in [-0.2, -0.15) is 0 Å². The maximum absolute atomic E-state index is 9.98. The molecule has 1 fully saturated rings. The van der Waals surface area contributed by atoms with Gasteiger partial charge >= 0.3 is 0 Å². The van der Waals surface area contributed by atoms with Gasteiger partial charge in [-0.15, -0.1) is 0 Å². The molecule has 0 aliphatic heterocycles. The minimum Gasteiger partial charge on any atom is -0.493 e. The molecule has 1 heterocycles. The van der Waals surface area contributed by atoms with Crippen molar-refractivity contribution in [2.24, 2.45) is 0 Å². The smallest absolute Gasteiger partial charge is 0.183 e. The molecular weight excluding hydrogens is 232 g/mol. The second kappa shape index (κ2) is 5.54. The normalized spacial score (nSPS) is 17.1. The number of nitrogens with one attached hydrogen (secondary N) is 1. The fraction of sp³-hybridized carbons (Fsp3) is 0.615. The number of nitrogens with zero attached hydrogens (tertiary/aromatic N) is 1. The molecule has 0 bridgehead atoms. The van der Waals surface area contributed by atoms with Gasteiger partial charge in [0.05, 0.1) is 25.5 Å². The van der Waals surface area contributed by atoms with Crippen molar-refractivity contribution in [3.63, 3.8) is 0 Å². The van der Waals surface area contributed by atoms with E-state index in [9.17, 15) is 5.11 Å². The van der Waals surface area contributed by atoms with Crippen molar-refractivity contribution in [3.8, 4) is 11.5 Å². The topological polar surface area (TPSA) is 63.6 Å². The number of methoxy groups -OCH3 is 2. The van der Waals surface area contributed by atoms with E-state index in [4.69, 9.17) is 9.47 Å². The van der Waals surface area contributed by atoms with Crippen LogP contribution in [0.2, 0.25) is 0 Å². The Morgan fingerprint density at radius 3 is 2.72 bits per heavy atom. The summed E-state index contributed by atoms with van der Waals surface area (Å²) in [5.41, 5.74) is 0.270. The molecule has 5 heteroatoms. The molecule has 0 amide bonds. The highest BCUT2D eigenvalue weighted by atomic mass is 16.5. The summed E-state index contributed by atoms with van der Waals surface area (Å²) < 4.78 is 10.5. The number of rotatable bonds is 6. The first kappa shape index (κ1) is 13.1. The molecule has 1 aliphatic rings. The third kappa shape index (κ3) is 2.73. The van der Waals surface area contributed by atoms with Crippen LogP contribution < -0.4 is 14.8 Å². The molecule has 0 unspecified atom stereocenters. The molecule has 1 aromatic rings. The second-order valence-corrected chi connectivity index (χ2v) is 4.67. The van der Waals surface area contributed by atoms with E-state index in [0.717, 1.165) is 25.0 Å². The molecule has 18 heavy (non-hydrogen) atoms. The third-order valence-corrected chi connectivity index (χ3v) is 3.40. The first-order valence-electron chi connectivity index (χ1n) is 6.17. The van der Waals surface area contributed by atoms with Crippen molar-refractivity contribution in [1.82, 2.24) is 10.3 Å². The number of hydrogen-bond acceptors (Lipinski definition) is 5. The van der Waals surface area contributed by atoms with Gasteiger partial charge in [-0.05, 0) is 19.3 Å². The predicted octanol–water partition coefficient (Wildman–Crippen LogP) is 1.10. The van der Waals surface area contributed by atoms with Gasteiger partial charge in [-0.1, -0.05) is 0 Å². The zero-order valence-corrected chi connectivity index (χ0v) is 10.9. The van der Waals surface area contributed by atoms with Gasteiger partial charge in [0.2, 0.25) is 0 Å². The summed E-state index contributed by atoms with van der Waals surface area (Å²) in [5.74, 6) is 1.32. The van der Waals surface area contributed by atoms with Crippen LogP contribution in [0, 0.1) is 0 Å². The zero-order chi connectivity index (χ0) is 13.0. The van der Waals surface area contributed by atoms with Gasteiger partial charge in [-0.25, -0.2) is 0 Å². The second-order valence-electron chi connectivity index (χ2n) is 4.67. The van der Waals surface area contributed by atoms with Crippen LogP contribution in [0.15, 0.2) is 12.3 Å². The Morgan fingerprint density at radius 2 is 2.17 bits per heavy atom. The van der Waals surface area contributed by atoms with E-state index in [1.807, 2.05) is 0 Å². The summed E-state index contributed by atoms with van der Waals surface area (Å²) in [6, 6.07) is 1.77. The highest BCUT2D eigenvalue weighted by Crippen LogP contribution is 2.31. The van der Waals surface area contributed by atoms with Gasteiger partial charge in [0.25, 0.3) is 0 Å². The van der Waals surface area contributed by atoms with E-state index in [0.29, 0.717) is 24.6 Å². The van der Waals surface area contributed by atoms with Crippen molar-refractivity contribution in [3.05, 3.63) is 18.0 Å². The molecule has 5 nitrogen and oxygen atoms in total. The van der Waals surface area contributed by atoms with E-state index >= 15 is 0 Å². The monoisotopic (exact) mass is 252 g/mol. The lowest BCUT2D eigenvalue weighted by Gasteiger charge is -2.36. The Morgan fingerprint density at radius 1 is 1.39 bits per heavy atom. The fourth-order valence-electron chi connectivity index (χ4n) is 2.15. The molecular formula is C13H20N2O3. The largest absolute Gasteiger partial charge is 0.493 e. The van der Waals surface area contributed by atoms with Gasteiger partial charge in [-0.3, -0.25) is 4.98 Å². The molecule has 1 aromatic heterocycles. The van der Waals surface area contributed by atoms with Crippen LogP contribution in [-0.2, 0) is 6.54 Å². The Bertz CT molecular complexity index is 405. The molecule has 0 aromatic carbocycles. The molecule has 1 aliphatic carbocycles. The summed E-state index contributed by atoms with van der Waals surface area (Å²) in [6.07, 6.45) is 4.56. The number of ether oxygens (including phenoxy) is 2. The average Bonchev–Trinajstić information content (AvgIpc) is 2.36. The molecule has 0 saturated heterocycles. The lowest BCUT2D eigenvalue weighted by molar-refractivity contribution is -0.0315. The van der Waals surface area contributed by atoms with Crippen molar-refractivity contribution in [1.29, 1.82) is 0 Å². The van der Waals surface area contributed by atoms with Crippen LogP contribution in [0.25, 0.3) is 0 Å². The molecule has 1 saturated carbocycles. The van der Waals surface area contributed by atoms with E-state index in [2.05, 4.69) is 10.3 Å². The predicted molar refractivity (Wildman–Crippen MR) is 67.8 cm³/mol. The van der Waals surface area contributed by atoms with Gasteiger partial charge in [0.15, 0.2) is 11.5 Å². The van der Waals surface area contributed by atoms with Crippen LogP contribution in [0.3, 0.4) is 0 Å². The fourth-order valence-corrected chi connectivity index (χ4v) is 2.15. The van der Waals surface area contributed by atoms with E-state index in [-0.39, 0.29) is 0 Å². The average molecular weight is 252 g/mol. The number of pyridine rings is 1. The van der Waals surface area contributed by atoms with Gasteiger partial charge < -0.3 is 19.9 Å². The molecule has 0 radical (unpaired) electrons. The lowest BCUT2D eigenvalue weighted by Crippen LogP contribution is -2.46. The van der Waals surface area contributed by atoms with E-state index in [1.54, 1.807) is 26.5 Å². The minimum absolute atomic E-state index is 0.522. The summed E-state index contributed by atoms with van der Waals surface area (Å²) in [6.45, 7) is 1.15. The SMILES string of the molecule is COc1ccnc(CNCC2(O)CCC2)c1OC. The highest BCUT2D eigenvalue weighted by molar-refractivity contribution is 5.42. The van der Waals surface area contributed by atoms with Crippen molar-refractivity contribution >= 4 is 0 Å². The zero-order valence-electron chi connectivity index (χ0n) is 10.9. The molecule has 0 spiro atoms. The van der Waals surface area contributed by atoms with Crippen LogP contribution >= 0.6 is 0 Å². The Labute approximate surface area is 107 Å². The van der Waals surface area contributed by atoms with Crippen molar-refractivity contribution in [2.75, 3.05) is 20.8 Å². The molecule has 2 rings (SSSR count). The minimum atomic E-state index is -0.522. The van der Waals surface area contributed by atoms with E-state index < -0.39 is 5.60 Å². The first-order chi connectivity index (χ1) is 8.68. The lowest BCUT2D eigenvalue weighted by atomic mass is 9.80. The molecule has 100 valence electrons. The number of hydrogen-bond donors (Lipinski definition) is 2. The van der Waals surface area contributed by atoms with Crippen molar-refractivity contribution < 1.29 is 14.6 Å². The summed E-state index contributed by atoms with van der Waals surface area (Å²) in [5, 5.41) is 13.2. The molecule has 2 N–H and O–H groups in total. The number of aliphatic hydroxyl groups is 1. The van der Waals surface area contributed by atoms with E-state index in [1.165, 1.54) is 0 Å². The Hall–Kier alpha value is -1.33. The summed E-state index contributed by atoms with van der Waals surface area (Å²) >= 11 is 0. The molecule has 0 atom stereocenters. The Balaban J connectivity index is 1.96. The first-order valence-corrected chi connectivity index (χ1v) is 6.17. The summed E-state index contributed by atoms with van der Waals surface area (Å²) in [4.78, 5) is 4.27. The van der Waals surface area contributed by atoms with Gasteiger partial charge in [0, 0.05) is 25.4 Å². The van der Waals surface area contributed by atoms with Crippen LogP contribution in [0.5, 0.6) is 11.5 Å². The third-order valence-electron chi connectivity index (χ3n) is 3.40. The number of aromatic nitrogens is 1. The van der Waals surface area contributed by atoms with Crippen LogP contribution in [0.4, 0.5) is 0 Å². The Kier molecular flexibility index (Phi) is 4.04. The maximum Gasteiger partial charge on any atom is 0.183 e.